The fraction of sp³-hybridized carbons (Fsp3) is 0.312. The minimum absolute atomic E-state index is 0.0419. The van der Waals surface area contributed by atoms with Crippen molar-refractivity contribution >= 4 is 40.9 Å². The lowest BCUT2D eigenvalue weighted by molar-refractivity contribution is -0.132. The summed E-state index contributed by atoms with van der Waals surface area (Å²) in [5, 5.41) is 12.3. The van der Waals surface area contributed by atoms with Crippen molar-refractivity contribution in [3.05, 3.63) is 30.6 Å². The van der Waals surface area contributed by atoms with Crippen molar-refractivity contribution in [1.29, 1.82) is 0 Å². The molecule has 0 saturated heterocycles. The zero-order valence-electron chi connectivity index (χ0n) is 14.5. The van der Waals surface area contributed by atoms with Crippen LogP contribution in [0.4, 0.5) is 11.4 Å². The SMILES string of the molecule is CCN(CC(=O)Nc1ccc(NC(C)=O)cc1)C(=O)CSc1ncn[nH]1. The molecule has 0 unspecified atom stereocenters. The standard InChI is InChI=1S/C16H20N6O3S/c1-3-22(15(25)9-26-16-17-10-18-21-16)8-14(24)20-13-6-4-12(5-7-13)19-11(2)23/h4-7,10H,3,8-9H2,1-2H3,(H,19,23)(H,20,24)(H,17,18,21). The Morgan fingerprint density at radius 3 is 2.35 bits per heavy atom. The monoisotopic (exact) mass is 376 g/mol. The first-order valence-electron chi connectivity index (χ1n) is 7.91. The van der Waals surface area contributed by atoms with Crippen molar-refractivity contribution in [2.45, 2.75) is 19.0 Å². The predicted octanol–water partition coefficient (Wildman–Crippen LogP) is 1.34. The van der Waals surface area contributed by atoms with E-state index in [2.05, 4.69) is 25.8 Å². The van der Waals surface area contributed by atoms with Gasteiger partial charge >= 0.3 is 0 Å². The summed E-state index contributed by atoms with van der Waals surface area (Å²) in [5.74, 6) is -0.453. The molecular formula is C16H20N6O3S. The first-order chi connectivity index (χ1) is 12.5. The van der Waals surface area contributed by atoms with Gasteiger partial charge in [-0.25, -0.2) is 4.98 Å². The molecule has 0 atom stereocenters. The van der Waals surface area contributed by atoms with Crippen LogP contribution < -0.4 is 10.6 Å². The van der Waals surface area contributed by atoms with Crippen LogP contribution in [0.1, 0.15) is 13.8 Å². The number of rotatable bonds is 8. The number of anilines is 2. The van der Waals surface area contributed by atoms with E-state index in [0.717, 1.165) is 0 Å². The fourth-order valence-corrected chi connectivity index (χ4v) is 2.76. The maximum atomic E-state index is 12.2. The Kier molecular flexibility index (Phi) is 7.15. The van der Waals surface area contributed by atoms with Crippen LogP contribution in [0.2, 0.25) is 0 Å². The second kappa shape index (κ2) is 9.56. The summed E-state index contributed by atoms with van der Waals surface area (Å²) in [6.07, 6.45) is 1.37. The summed E-state index contributed by atoms with van der Waals surface area (Å²) < 4.78 is 0. The molecule has 2 aromatic rings. The molecule has 138 valence electrons. The highest BCUT2D eigenvalue weighted by Crippen LogP contribution is 2.14. The number of benzene rings is 1. The minimum Gasteiger partial charge on any atom is -0.333 e. The van der Waals surface area contributed by atoms with Gasteiger partial charge in [-0.2, -0.15) is 5.10 Å². The quantitative estimate of drug-likeness (QED) is 0.598. The van der Waals surface area contributed by atoms with Gasteiger partial charge in [0.1, 0.15) is 6.33 Å². The smallest absolute Gasteiger partial charge is 0.243 e. The van der Waals surface area contributed by atoms with E-state index in [1.54, 1.807) is 24.3 Å². The fourth-order valence-electron chi connectivity index (χ4n) is 2.08. The van der Waals surface area contributed by atoms with Crippen LogP contribution >= 0.6 is 11.8 Å². The third-order valence-electron chi connectivity index (χ3n) is 3.28. The normalized spacial score (nSPS) is 10.2. The molecule has 0 aliphatic rings. The number of thioether (sulfide) groups is 1. The lowest BCUT2D eigenvalue weighted by Gasteiger charge is -2.20. The molecule has 0 aliphatic heterocycles. The summed E-state index contributed by atoms with van der Waals surface area (Å²) in [6, 6.07) is 6.74. The molecule has 26 heavy (non-hydrogen) atoms. The van der Waals surface area contributed by atoms with Gasteiger partial charge in [0.25, 0.3) is 0 Å². The highest BCUT2D eigenvalue weighted by molar-refractivity contribution is 7.99. The van der Waals surface area contributed by atoms with E-state index in [-0.39, 0.29) is 30.0 Å². The number of nitrogens with zero attached hydrogens (tertiary/aromatic N) is 3. The number of H-pyrrole nitrogens is 1. The van der Waals surface area contributed by atoms with Gasteiger partial charge in [0.2, 0.25) is 17.7 Å². The average Bonchev–Trinajstić information content (AvgIpc) is 3.12. The van der Waals surface area contributed by atoms with Gasteiger partial charge in [-0.1, -0.05) is 11.8 Å². The number of carbonyl (C=O) groups is 3. The number of hydrogen-bond acceptors (Lipinski definition) is 6. The molecule has 9 nitrogen and oxygen atoms in total. The molecule has 0 radical (unpaired) electrons. The third-order valence-corrected chi connectivity index (χ3v) is 4.14. The van der Waals surface area contributed by atoms with E-state index >= 15 is 0 Å². The summed E-state index contributed by atoms with van der Waals surface area (Å²) in [5.41, 5.74) is 1.23. The van der Waals surface area contributed by atoms with Crippen molar-refractivity contribution in [2.75, 3.05) is 29.5 Å². The topological polar surface area (TPSA) is 120 Å². The Hall–Kier alpha value is -2.88. The Morgan fingerprint density at radius 2 is 1.81 bits per heavy atom. The Labute approximate surface area is 154 Å². The summed E-state index contributed by atoms with van der Waals surface area (Å²) in [4.78, 5) is 40.8. The second-order valence-electron chi connectivity index (χ2n) is 5.29. The van der Waals surface area contributed by atoms with Gasteiger partial charge in [0.15, 0.2) is 5.16 Å². The number of amides is 3. The predicted molar refractivity (Wildman–Crippen MR) is 98.7 cm³/mol. The highest BCUT2D eigenvalue weighted by atomic mass is 32.2. The van der Waals surface area contributed by atoms with Gasteiger partial charge < -0.3 is 15.5 Å². The molecule has 1 heterocycles. The van der Waals surface area contributed by atoms with Gasteiger partial charge in [-0.3, -0.25) is 19.5 Å². The van der Waals surface area contributed by atoms with E-state index in [0.29, 0.717) is 23.1 Å². The first-order valence-corrected chi connectivity index (χ1v) is 8.90. The Balaban J connectivity index is 1.83. The molecule has 10 heteroatoms. The maximum Gasteiger partial charge on any atom is 0.243 e. The Morgan fingerprint density at radius 1 is 1.15 bits per heavy atom. The molecule has 0 aliphatic carbocycles. The molecule has 1 aromatic heterocycles. The number of likely N-dealkylation sites (N-methyl/N-ethyl adjacent to an activating group) is 1. The van der Waals surface area contributed by atoms with Crippen molar-refractivity contribution in [3.63, 3.8) is 0 Å². The molecule has 2 rings (SSSR count). The number of carbonyl (C=O) groups excluding carboxylic acids is 3. The van der Waals surface area contributed by atoms with Crippen LogP contribution in [0.25, 0.3) is 0 Å². The number of nitrogens with one attached hydrogen (secondary N) is 3. The molecule has 0 bridgehead atoms. The van der Waals surface area contributed by atoms with E-state index in [4.69, 9.17) is 0 Å². The lowest BCUT2D eigenvalue weighted by atomic mass is 10.2. The van der Waals surface area contributed by atoms with E-state index in [1.165, 1.54) is 29.9 Å². The molecule has 3 amide bonds. The van der Waals surface area contributed by atoms with E-state index < -0.39 is 0 Å². The number of aromatic amines is 1. The van der Waals surface area contributed by atoms with Crippen LogP contribution in [0.15, 0.2) is 35.7 Å². The van der Waals surface area contributed by atoms with Crippen LogP contribution in [0.5, 0.6) is 0 Å². The number of aromatic nitrogens is 3. The molecule has 3 N–H and O–H groups in total. The zero-order valence-corrected chi connectivity index (χ0v) is 15.3. The Bertz CT molecular complexity index is 748. The zero-order chi connectivity index (χ0) is 18.9. The van der Waals surface area contributed by atoms with Crippen molar-refractivity contribution < 1.29 is 14.4 Å². The molecule has 0 fully saturated rings. The van der Waals surface area contributed by atoms with Crippen molar-refractivity contribution in [2.24, 2.45) is 0 Å². The first kappa shape index (κ1) is 19.4. The lowest BCUT2D eigenvalue weighted by Crippen LogP contribution is -2.38. The summed E-state index contributed by atoms with van der Waals surface area (Å²) in [7, 11) is 0. The van der Waals surface area contributed by atoms with E-state index in [9.17, 15) is 14.4 Å². The van der Waals surface area contributed by atoms with Gasteiger partial charge in [0.05, 0.1) is 12.3 Å². The van der Waals surface area contributed by atoms with E-state index in [1.807, 2.05) is 6.92 Å². The maximum absolute atomic E-state index is 12.2. The molecule has 1 aromatic carbocycles. The van der Waals surface area contributed by atoms with Gasteiger partial charge in [-0.15, -0.1) is 0 Å². The van der Waals surface area contributed by atoms with Crippen LogP contribution in [0, 0.1) is 0 Å². The largest absolute Gasteiger partial charge is 0.333 e. The van der Waals surface area contributed by atoms with Crippen LogP contribution in [-0.2, 0) is 14.4 Å². The van der Waals surface area contributed by atoms with Gasteiger partial charge in [0, 0.05) is 24.8 Å². The second-order valence-corrected chi connectivity index (χ2v) is 6.26. The van der Waals surface area contributed by atoms with Crippen LogP contribution in [0.3, 0.4) is 0 Å². The van der Waals surface area contributed by atoms with Crippen LogP contribution in [-0.4, -0.2) is 56.6 Å². The number of hydrogen-bond donors (Lipinski definition) is 3. The highest BCUT2D eigenvalue weighted by Gasteiger charge is 2.16. The summed E-state index contributed by atoms with van der Waals surface area (Å²) in [6.45, 7) is 3.61. The molecule has 0 spiro atoms. The van der Waals surface area contributed by atoms with Crippen molar-refractivity contribution in [1.82, 2.24) is 20.1 Å². The third kappa shape index (κ3) is 6.20. The van der Waals surface area contributed by atoms with Gasteiger partial charge in [-0.05, 0) is 31.2 Å². The molecule has 0 saturated carbocycles. The molecular weight excluding hydrogens is 356 g/mol. The minimum atomic E-state index is -0.294. The average molecular weight is 376 g/mol. The van der Waals surface area contributed by atoms with Crippen molar-refractivity contribution in [3.8, 4) is 0 Å². The summed E-state index contributed by atoms with van der Waals surface area (Å²) >= 11 is 1.23.